The summed E-state index contributed by atoms with van der Waals surface area (Å²) in [7, 11) is 4.99. The van der Waals surface area contributed by atoms with Crippen LogP contribution in [0.1, 0.15) is 35.8 Å². The smallest absolute Gasteiger partial charge is 0.254 e. The van der Waals surface area contributed by atoms with Crippen molar-refractivity contribution < 1.29 is 19.0 Å². The van der Waals surface area contributed by atoms with E-state index < -0.39 is 0 Å². The number of carbonyl (C=O) groups excluding carboxylic acids is 1. The average molecular weight is 343 g/mol. The van der Waals surface area contributed by atoms with Crippen LogP contribution in [0.3, 0.4) is 0 Å². The van der Waals surface area contributed by atoms with Gasteiger partial charge in [0.2, 0.25) is 0 Å². The molecule has 0 radical (unpaired) electrons. The second-order valence-electron chi connectivity index (χ2n) is 5.66. The average Bonchev–Trinajstić information content (AvgIpc) is 2.66. The predicted molar refractivity (Wildman–Crippen MR) is 97.7 cm³/mol. The zero-order valence-corrected chi connectivity index (χ0v) is 15.4. The molecule has 1 unspecified atom stereocenters. The van der Waals surface area contributed by atoms with E-state index in [1.165, 1.54) is 0 Å². The quantitative estimate of drug-likeness (QED) is 0.764. The summed E-state index contributed by atoms with van der Waals surface area (Å²) in [6.07, 6.45) is 0. The molecule has 0 aliphatic heterocycles. The Morgan fingerprint density at radius 2 is 1.72 bits per heavy atom. The molecule has 0 aliphatic carbocycles. The van der Waals surface area contributed by atoms with Crippen LogP contribution in [0.5, 0.6) is 17.2 Å². The Hall–Kier alpha value is -2.69. The van der Waals surface area contributed by atoms with Crippen LogP contribution in [0.2, 0.25) is 0 Å². The minimum Gasteiger partial charge on any atom is -0.497 e. The van der Waals surface area contributed by atoms with Gasteiger partial charge < -0.3 is 19.1 Å². The number of amides is 1. The SMILES string of the molecule is CCOc1ccc(C(=O)N(C)C(C)c2ccc(OC)cc2)cc1OC. The summed E-state index contributed by atoms with van der Waals surface area (Å²) in [5.41, 5.74) is 1.60. The molecule has 0 spiro atoms. The number of rotatable bonds is 7. The Labute approximate surface area is 149 Å². The van der Waals surface area contributed by atoms with Crippen LogP contribution >= 0.6 is 0 Å². The Kier molecular flexibility index (Phi) is 6.28. The highest BCUT2D eigenvalue weighted by molar-refractivity contribution is 5.95. The van der Waals surface area contributed by atoms with Gasteiger partial charge in [-0.2, -0.15) is 0 Å². The van der Waals surface area contributed by atoms with E-state index in [-0.39, 0.29) is 11.9 Å². The molecule has 5 heteroatoms. The summed E-state index contributed by atoms with van der Waals surface area (Å²) in [4.78, 5) is 14.5. The normalized spacial score (nSPS) is 11.6. The van der Waals surface area contributed by atoms with Gasteiger partial charge in [0.25, 0.3) is 5.91 Å². The molecular formula is C20H25NO4. The fraction of sp³-hybridized carbons (Fsp3) is 0.350. The lowest BCUT2D eigenvalue weighted by molar-refractivity contribution is 0.0742. The molecule has 0 bridgehead atoms. The van der Waals surface area contributed by atoms with Gasteiger partial charge in [0.1, 0.15) is 5.75 Å². The largest absolute Gasteiger partial charge is 0.497 e. The predicted octanol–water partition coefficient (Wildman–Crippen LogP) is 3.94. The molecule has 2 aromatic carbocycles. The first-order chi connectivity index (χ1) is 12.0. The van der Waals surface area contributed by atoms with Crippen LogP contribution in [-0.2, 0) is 0 Å². The van der Waals surface area contributed by atoms with Crippen molar-refractivity contribution in [1.29, 1.82) is 0 Å². The van der Waals surface area contributed by atoms with E-state index in [0.717, 1.165) is 11.3 Å². The fourth-order valence-electron chi connectivity index (χ4n) is 2.56. The van der Waals surface area contributed by atoms with Gasteiger partial charge in [-0.15, -0.1) is 0 Å². The molecular weight excluding hydrogens is 318 g/mol. The van der Waals surface area contributed by atoms with E-state index in [0.29, 0.717) is 23.7 Å². The standard InChI is InChI=1S/C20H25NO4/c1-6-25-18-12-9-16(13-19(18)24-5)20(22)21(3)14(2)15-7-10-17(23-4)11-8-15/h7-14H,6H2,1-5H3. The highest BCUT2D eigenvalue weighted by atomic mass is 16.5. The number of hydrogen-bond acceptors (Lipinski definition) is 4. The molecule has 0 saturated carbocycles. The topological polar surface area (TPSA) is 48.0 Å². The minimum atomic E-state index is -0.0790. The summed E-state index contributed by atoms with van der Waals surface area (Å²) in [6.45, 7) is 4.44. The van der Waals surface area contributed by atoms with Gasteiger partial charge in [-0.1, -0.05) is 12.1 Å². The van der Waals surface area contributed by atoms with Crippen molar-refractivity contribution in [3.05, 3.63) is 53.6 Å². The summed E-state index contributed by atoms with van der Waals surface area (Å²) in [5.74, 6) is 1.90. The third kappa shape index (κ3) is 4.24. The van der Waals surface area contributed by atoms with E-state index in [2.05, 4.69) is 0 Å². The lowest BCUT2D eigenvalue weighted by atomic mass is 10.1. The van der Waals surface area contributed by atoms with Crippen molar-refractivity contribution in [3.63, 3.8) is 0 Å². The number of nitrogens with zero attached hydrogens (tertiary/aromatic N) is 1. The second-order valence-corrected chi connectivity index (χ2v) is 5.66. The zero-order chi connectivity index (χ0) is 18.4. The van der Waals surface area contributed by atoms with Crippen molar-refractivity contribution >= 4 is 5.91 Å². The van der Waals surface area contributed by atoms with E-state index in [1.54, 1.807) is 44.4 Å². The van der Waals surface area contributed by atoms with Gasteiger partial charge in [0, 0.05) is 12.6 Å². The summed E-state index contributed by atoms with van der Waals surface area (Å²) < 4.78 is 16.0. The van der Waals surface area contributed by atoms with E-state index in [4.69, 9.17) is 14.2 Å². The molecule has 2 rings (SSSR count). The first-order valence-electron chi connectivity index (χ1n) is 8.23. The number of hydrogen-bond donors (Lipinski definition) is 0. The van der Waals surface area contributed by atoms with Crippen LogP contribution in [0.4, 0.5) is 0 Å². The molecule has 5 nitrogen and oxygen atoms in total. The summed E-state index contributed by atoms with van der Waals surface area (Å²) in [5, 5.41) is 0. The molecule has 0 N–H and O–H groups in total. The maximum absolute atomic E-state index is 12.8. The highest BCUT2D eigenvalue weighted by Gasteiger charge is 2.20. The molecule has 0 aromatic heterocycles. The van der Waals surface area contributed by atoms with Crippen LogP contribution in [0.15, 0.2) is 42.5 Å². The molecule has 0 heterocycles. The van der Waals surface area contributed by atoms with Gasteiger partial charge in [-0.3, -0.25) is 4.79 Å². The van der Waals surface area contributed by atoms with Crippen molar-refractivity contribution in [1.82, 2.24) is 4.90 Å². The van der Waals surface area contributed by atoms with Crippen LogP contribution in [0, 0.1) is 0 Å². The third-order valence-electron chi connectivity index (χ3n) is 4.21. The third-order valence-corrected chi connectivity index (χ3v) is 4.21. The van der Waals surface area contributed by atoms with Gasteiger partial charge >= 0.3 is 0 Å². The Morgan fingerprint density at radius 3 is 2.28 bits per heavy atom. The highest BCUT2D eigenvalue weighted by Crippen LogP contribution is 2.30. The van der Waals surface area contributed by atoms with Crippen molar-refractivity contribution in [2.45, 2.75) is 19.9 Å². The Morgan fingerprint density at radius 1 is 1.04 bits per heavy atom. The van der Waals surface area contributed by atoms with Crippen LogP contribution < -0.4 is 14.2 Å². The molecule has 0 saturated heterocycles. The minimum absolute atomic E-state index is 0.0732. The van der Waals surface area contributed by atoms with Gasteiger partial charge in [-0.05, 0) is 49.7 Å². The molecule has 1 amide bonds. The lowest BCUT2D eigenvalue weighted by Gasteiger charge is -2.26. The van der Waals surface area contributed by atoms with E-state index in [1.807, 2.05) is 38.1 Å². The molecule has 2 aromatic rings. The number of benzene rings is 2. The van der Waals surface area contributed by atoms with Crippen LogP contribution in [0.25, 0.3) is 0 Å². The molecule has 0 fully saturated rings. The molecule has 25 heavy (non-hydrogen) atoms. The second kappa shape index (κ2) is 8.42. The molecule has 0 aliphatic rings. The monoisotopic (exact) mass is 343 g/mol. The maximum atomic E-state index is 12.8. The van der Waals surface area contributed by atoms with Gasteiger partial charge in [-0.25, -0.2) is 0 Å². The van der Waals surface area contributed by atoms with Crippen molar-refractivity contribution in [2.75, 3.05) is 27.9 Å². The number of methoxy groups -OCH3 is 2. The van der Waals surface area contributed by atoms with Crippen molar-refractivity contribution in [2.24, 2.45) is 0 Å². The Bertz CT molecular complexity index is 712. The molecule has 134 valence electrons. The van der Waals surface area contributed by atoms with Gasteiger partial charge in [0.05, 0.1) is 26.9 Å². The zero-order valence-electron chi connectivity index (χ0n) is 15.4. The number of carbonyl (C=O) groups is 1. The van der Waals surface area contributed by atoms with E-state index in [9.17, 15) is 4.79 Å². The Balaban J connectivity index is 2.20. The first-order valence-corrected chi connectivity index (χ1v) is 8.23. The number of ether oxygens (including phenoxy) is 3. The maximum Gasteiger partial charge on any atom is 0.254 e. The van der Waals surface area contributed by atoms with Gasteiger partial charge in [0.15, 0.2) is 11.5 Å². The van der Waals surface area contributed by atoms with E-state index >= 15 is 0 Å². The van der Waals surface area contributed by atoms with Crippen LogP contribution in [-0.4, -0.2) is 38.7 Å². The van der Waals surface area contributed by atoms with Crippen molar-refractivity contribution in [3.8, 4) is 17.2 Å². The summed E-state index contributed by atoms with van der Waals surface area (Å²) in [6, 6.07) is 12.9. The molecule has 1 atom stereocenters. The lowest BCUT2D eigenvalue weighted by Crippen LogP contribution is -2.29. The fourth-order valence-corrected chi connectivity index (χ4v) is 2.56. The summed E-state index contributed by atoms with van der Waals surface area (Å²) >= 11 is 0. The first kappa shape index (κ1) is 18.6.